The molecule has 2 aromatic rings. The summed E-state index contributed by atoms with van der Waals surface area (Å²) in [6.07, 6.45) is 9.71. The van der Waals surface area contributed by atoms with E-state index in [1.165, 1.54) is 11.1 Å². The molecule has 1 aliphatic rings. The second-order valence-corrected chi connectivity index (χ2v) is 11.1. The Kier molecular flexibility index (Phi) is 8.06. The van der Waals surface area contributed by atoms with Gasteiger partial charge in [-0.05, 0) is 68.1 Å². The summed E-state index contributed by atoms with van der Waals surface area (Å²) < 4.78 is 36.0. The zero-order valence-corrected chi connectivity index (χ0v) is 21.4. The van der Waals surface area contributed by atoms with Crippen molar-refractivity contribution in [2.45, 2.75) is 65.9 Å². The number of aryl methyl sites for hydroxylation is 1. The van der Waals surface area contributed by atoms with Gasteiger partial charge in [0, 0.05) is 5.56 Å². The van der Waals surface area contributed by atoms with Gasteiger partial charge >= 0.3 is 10.1 Å². The Bertz CT molecular complexity index is 1130. The maximum atomic E-state index is 12.1. The van der Waals surface area contributed by atoms with Crippen LogP contribution in [0.4, 0.5) is 0 Å². The Hall–Kier alpha value is -2.53. The predicted molar refractivity (Wildman–Crippen MR) is 136 cm³/mol. The van der Waals surface area contributed by atoms with Gasteiger partial charge in [0.15, 0.2) is 11.5 Å². The van der Waals surface area contributed by atoms with Gasteiger partial charge in [-0.3, -0.25) is 0 Å². The lowest BCUT2D eigenvalue weighted by Gasteiger charge is -2.35. The van der Waals surface area contributed by atoms with Crippen molar-refractivity contribution in [3.63, 3.8) is 0 Å². The Morgan fingerprint density at radius 1 is 1.15 bits per heavy atom. The molecule has 0 radical (unpaired) electrons. The molecule has 33 heavy (non-hydrogen) atoms. The number of rotatable bonds is 8. The SMILES string of the molecule is CC(C)=C/C=C/[C@@H](C)C1CC[C@H](C)c2c1cc(C)c(OS(C)(=O)=O)c2OCc1ccccc1. The summed E-state index contributed by atoms with van der Waals surface area (Å²) in [5.74, 6) is 1.81. The van der Waals surface area contributed by atoms with Gasteiger partial charge in [0.1, 0.15) is 6.61 Å². The van der Waals surface area contributed by atoms with Gasteiger partial charge in [-0.25, -0.2) is 0 Å². The third-order valence-electron chi connectivity index (χ3n) is 6.23. The van der Waals surface area contributed by atoms with Crippen molar-refractivity contribution in [3.8, 4) is 11.5 Å². The summed E-state index contributed by atoms with van der Waals surface area (Å²) in [7, 11) is -3.70. The van der Waals surface area contributed by atoms with Crippen LogP contribution in [0.15, 0.2) is 60.2 Å². The van der Waals surface area contributed by atoms with Crippen LogP contribution >= 0.6 is 0 Å². The van der Waals surface area contributed by atoms with Crippen LogP contribution in [0, 0.1) is 12.8 Å². The first kappa shape index (κ1) is 25.1. The van der Waals surface area contributed by atoms with E-state index in [0.717, 1.165) is 35.8 Å². The molecule has 0 amide bonds. The van der Waals surface area contributed by atoms with Crippen molar-refractivity contribution in [1.82, 2.24) is 0 Å². The van der Waals surface area contributed by atoms with E-state index in [4.69, 9.17) is 8.92 Å². The van der Waals surface area contributed by atoms with E-state index in [1.807, 2.05) is 37.3 Å². The molecular weight excluding hydrogens is 432 g/mol. The second-order valence-electron chi connectivity index (χ2n) is 9.49. The van der Waals surface area contributed by atoms with Crippen LogP contribution in [-0.4, -0.2) is 14.7 Å². The van der Waals surface area contributed by atoms with Crippen LogP contribution in [0.5, 0.6) is 11.5 Å². The highest BCUT2D eigenvalue weighted by Gasteiger charge is 2.33. The lowest BCUT2D eigenvalue weighted by atomic mass is 9.71. The highest BCUT2D eigenvalue weighted by Crippen LogP contribution is 2.51. The maximum absolute atomic E-state index is 12.1. The van der Waals surface area contributed by atoms with Crippen LogP contribution in [-0.2, 0) is 16.7 Å². The van der Waals surface area contributed by atoms with Gasteiger partial charge in [-0.1, -0.05) is 74.0 Å². The monoisotopic (exact) mass is 468 g/mol. The minimum absolute atomic E-state index is 0.249. The fourth-order valence-corrected chi connectivity index (χ4v) is 5.09. The van der Waals surface area contributed by atoms with Crippen molar-refractivity contribution < 1.29 is 17.3 Å². The molecule has 5 heteroatoms. The molecule has 0 fully saturated rings. The first-order valence-corrected chi connectivity index (χ1v) is 13.4. The Labute approximate surface area is 199 Å². The average molecular weight is 469 g/mol. The summed E-state index contributed by atoms with van der Waals surface area (Å²) in [6.45, 7) is 10.9. The van der Waals surface area contributed by atoms with Gasteiger partial charge < -0.3 is 8.92 Å². The first-order valence-electron chi connectivity index (χ1n) is 11.6. The third-order valence-corrected chi connectivity index (χ3v) is 6.70. The quantitative estimate of drug-likeness (QED) is 0.308. The molecule has 0 N–H and O–H groups in total. The number of hydrogen-bond donors (Lipinski definition) is 0. The summed E-state index contributed by atoms with van der Waals surface area (Å²) in [5, 5.41) is 0. The minimum atomic E-state index is -3.70. The largest absolute Gasteiger partial charge is 0.485 e. The number of allylic oxidation sites excluding steroid dienone is 4. The topological polar surface area (TPSA) is 52.6 Å². The molecule has 0 aliphatic heterocycles. The standard InChI is InChI=1S/C28H36O4S/c1-19(2)11-10-12-20(3)24-16-15-21(4)26-25(24)17-22(5)27(32-33(6,29)30)28(26)31-18-23-13-8-7-9-14-23/h7-14,17,20-21,24H,15-16,18H2,1-6H3/b12-10+/t20-,21+,24?/m1/s1. The Balaban J connectivity index is 2.09. The summed E-state index contributed by atoms with van der Waals surface area (Å²) in [4.78, 5) is 0. The molecular formula is C28H36O4S. The van der Waals surface area contributed by atoms with Crippen LogP contribution in [0.2, 0.25) is 0 Å². The first-order chi connectivity index (χ1) is 15.6. The molecule has 0 spiro atoms. The van der Waals surface area contributed by atoms with Crippen molar-refractivity contribution >= 4 is 10.1 Å². The van der Waals surface area contributed by atoms with E-state index >= 15 is 0 Å². The fourth-order valence-electron chi connectivity index (χ4n) is 4.59. The fraction of sp³-hybridized carbons (Fsp3) is 0.429. The molecule has 0 aromatic heterocycles. The summed E-state index contributed by atoms with van der Waals surface area (Å²) in [5.41, 5.74) is 5.39. The molecule has 0 saturated heterocycles. The highest BCUT2D eigenvalue weighted by molar-refractivity contribution is 7.86. The van der Waals surface area contributed by atoms with E-state index in [2.05, 4.69) is 52.0 Å². The lowest BCUT2D eigenvalue weighted by Crippen LogP contribution is -2.20. The van der Waals surface area contributed by atoms with E-state index in [-0.39, 0.29) is 5.92 Å². The van der Waals surface area contributed by atoms with Crippen molar-refractivity contribution in [3.05, 3.63) is 82.5 Å². The minimum Gasteiger partial charge on any atom is -0.485 e. The number of benzene rings is 2. The smallest absolute Gasteiger partial charge is 0.306 e. The molecule has 0 saturated carbocycles. The van der Waals surface area contributed by atoms with Crippen LogP contribution in [0.25, 0.3) is 0 Å². The average Bonchev–Trinajstić information content (AvgIpc) is 2.73. The Morgan fingerprint density at radius 3 is 2.48 bits per heavy atom. The van der Waals surface area contributed by atoms with Crippen molar-refractivity contribution in [1.29, 1.82) is 0 Å². The highest BCUT2D eigenvalue weighted by atomic mass is 32.2. The number of hydrogen-bond acceptors (Lipinski definition) is 4. The summed E-state index contributed by atoms with van der Waals surface area (Å²) in [6, 6.07) is 12.0. The van der Waals surface area contributed by atoms with Crippen molar-refractivity contribution in [2.75, 3.05) is 6.26 Å². The van der Waals surface area contributed by atoms with Gasteiger partial charge in [-0.2, -0.15) is 8.42 Å². The molecule has 0 heterocycles. The van der Waals surface area contributed by atoms with Gasteiger partial charge in [0.2, 0.25) is 0 Å². The van der Waals surface area contributed by atoms with E-state index in [0.29, 0.717) is 29.9 Å². The Morgan fingerprint density at radius 2 is 1.85 bits per heavy atom. The maximum Gasteiger partial charge on any atom is 0.306 e. The molecule has 4 nitrogen and oxygen atoms in total. The molecule has 0 bridgehead atoms. The predicted octanol–water partition coefficient (Wildman–Crippen LogP) is 7.05. The molecule has 3 atom stereocenters. The molecule has 3 rings (SSSR count). The lowest BCUT2D eigenvalue weighted by molar-refractivity contribution is 0.286. The molecule has 178 valence electrons. The van der Waals surface area contributed by atoms with Gasteiger partial charge in [-0.15, -0.1) is 0 Å². The summed E-state index contributed by atoms with van der Waals surface area (Å²) >= 11 is 0. The molecule has 1 aliphatic carbocycles. The number of ether oxygens (including phenoxy) is 1. The van der Waals surface area contributed by atoms with Crippen LogP contribution < -0.4 is 8.92 Å². The zero-order valence-electron chi connectivity index (χ0n) is 20.6. The third kappa shape index (κ3) is 6.50. The zero-order chi connectivity index (χ0) is 24.2. The van der Waals surface area contributed by atoms with Crippen LogP contribution in [0.1, 0.15) is 74.6 Å². The van der Waals surface area contributed by atoms with Crippen molar-refractivity contribution in [2.24, 2.45) is 5.92 Å². The van der Waals surface area contributed by atoms with E-state index in [1.54, 1.807) is 0 Å². The van der Waals surface area contributed by atoms with Gasteiger partial charge in [0.05, 0.1) is 6.26 Å². The molecule has 2 aromatic carbocycles. The number of fused-ring (bicyclic) bond motifs is 1. The van der Waals surface area contributed by atoms with Crippen LogP contribution in [0.3, 0.4) is 0 Å². The van der Waals surface area contributed by atoms with E-state index < -0.39 is 10.1 Å². The normalized spacial score (nSPS) is 19.1. The van der Waals surface area contributed by atoms with E-state index in [9.17, 15) is 8.42 Å². The molecule has 1 unspecified atom stereocenters. The van der Waals surface area contributed by atoms with Gasteiger partial charge in [0.25, 0.3) is 0 Å². The second kappa shape index (κ2) is 10.6.